The van der Waals surface area contributed by atoms with Crippen molar-refractivity contribution < 1.29 is 9.21 Å². The van der Waals surface area contributed by atoms with Gasteiger partial charge in [0.15, 0.2) is 0 Å². The number of piperidine rings is 1. The number of alkyl halides is 1. The van der Waals surface area contributed by atoms with Gasteiger partial charge >= 0.3 is 0 Å². The second-order valence-electron chi connectivity index (χ2n) is 3.50. The maximum absolute atomic E-state index is 11.7. The fraction of sp³-hybridized carbons (Fsp3) is 0.500. The predicted octanol–water partition coefficient (Wildman–Crippen LogP) is 2.17. The molecule has 14 heavy (non-hydrogen) atoms. The lowest BCUT2D eigenvalue weighted by atomic mass is 10.1. The second kappa shape index (κ2) is 4.17. The minimum Gasteiger partial charge on any atom is -0.472 e. The molecule has 0 aliphatic carbocycles. The van der Waals surface area contributed by atoms with E-state index in [-0.39, 0.29) is 10.7 Å². The lowest BCUT2D eigenvalue weighted by molar-refractivity contribution is -0.133. The Morgan fingerprint density at radius 1 is 1.64 bits per heavy atom. The summed E-state index contributed by atoms with van der Waals surface area (Å²) in [5.74, 6) is 0.192. The fourth-order valence-electron chi connectivity index (χ4n) is 1.65. The molecule has 1 aliphatic rings. The van der Waals surface area contributed by atoms with Gasteiger partial charge in [0.05, 0.1) is 17.4 Å². The van der Waals surface area contributed by atoms with Crippen LogP contribution in [0.1, 0.15) is 18.4 Å². The monoisotopic (exact) mass is 257 g/mol. The van der Waals surface area contributed by atoms with E-state index in [1.165, 1.54) is 0 Å². The molecule has 0 radical (unpaired) electrons. The Balaban J connectivity index is 2.00. The van der Waals surface area contributed by atoms with Crippen LogP contribution in [0.3, 0.4) is 0 Å². The summed E-state index contributed by atoms with van der Waals surface area (Å²) in [4.78, 5) is 13.6. The van der Waals surface area contributed by atoms with Gasteiger partial charge in [-0.25, -0.2) is 0 Å². The quantitative estimate of drug-likeness (QED) is 0.761. The van der Waals surface area contributed by atoms with Crippen molar-refractivity contribution in [2.45, 2.75) is 24.2 Å². The standard InChI is InChI=1S/C10H12BrNO2/c11-9-2-1-4-12(10(9)13)6-8-3-5-14-7-8/h3,5,7,9H,1-2,4,6H2. The molecule has 1 aromatic heterocycles. The molecule has 76 valence electrons. The highest BCUT2D eigenvalue weighted by Crippen LogP contribution is 2.20. The predicted molar refractivity (Wildman–Crippen MR) is 56.1 cm³/mol. The molecule has 1 amide bonds. The zero-order valence-corrected chi connectivity index (χ0v) is 9.37. The van der Waals surface area contributed by atoms with Crippen LogP contribution in [0, 0.1) is 0 Å². The molecule has 1 aliphatic heterocycles. The number of nitrogens with zero attached hydrogens (tertiary/aromatic N) is 1. The molecule has 1 saturated heterocycles. The Morgan fingerprint density at radius 3 is 3.21 bits per heavy atom. The van der Waals surface area contributed by atoms with Gasteiger partial charge in [0.2, 0.25) is 5.91 Å². The number of furan rings is 1. The number of hydrogen-bond acceptors (Lipinski definition) is 2. The highest BCUT2D eigenvalue weighted by atomic mass is 79.9. The van der Waals surface area contributed by atoms with Crippen molar-refractivity contribution in [3.05, 3.63) is 24.2 Å². The average Bonchev–Trinajstić information content (AvgIpc) is 2.66. The van der Waals surface area contributed by atoms with Gasteiger partial charge in [0, 0.05) is 18.7 Å². The summed E-state index contributed by atoms with van der Waals surface area (Å²) in [6.45, 7) is 1.52. The molecule has 0 saturated carbocycles. The summed E-state index contributed by atoms with van der Waals surface area (Å²) in [5, 5.41) is 0. The van der Waals surface area contributed by atoms with Gasteiger partial charge < -0.3 is 9.32 Å². The van der Waals surface area contributed by atoms with Crippen LogP contribution >= 0.6 is 15.9 Å². The van der Waals surface area contributed by atoms with Crippen molar-refractivity contribution in [1.29, 1.82) is 0 Å². The van der Waals surface area contributed by atoms with Gasteiger partial charge in [-0.3, -0.25) is 4.79 Å². The lowest BCUT2D eigenvalue weighted by Crippen LogP contribution is -2.40. The SMILES string of the molecule is O=C1C(Br)CCCN1Cc1ccoc1. The Bertz CT molecular complexity index is 310. The Labute approximate surface area is 91.2 Å². The van der Waals surface area contributed by atoms with E-state index in [0.29, 0.717) is 6.54 Å². The van der Waals surface area contributed by atoms with Crippen LogP contribution in [-0.4, -0.2) is 22.2 Å². The number of halogens is 1. The van der Waals surface area contributed by atoms with E-state index >= 15 is 0 Å². The summed E-state index contributed by atoms with van der Waals surface area (Å²) in [6, 6.07) is 1.89. The molecule has 1 atom stereocenters. The first-order valence-electron chi connectivity index (χ1n) is 4.71. The first-order chi connectivity index (χ1) is 6.77. The van der Waals surface area contributed by atoms with Crippen LogP contribution in [0.5, 0.6) is 0 Å². The summed E-state index contributed by atoms with van der Waals surface area (Å²) in [7, 11) is 0. The Hall–Kier alpha value is -0.770. The van der Waals surface area contributed by atoms with Gasteiger partial charge in [0.25, 0.3) is 0 Å². The first-order valence-corrected chi connectivity index (χ1v) is 5.63. The number of rotatable bonds is 2. The normalized spacial score (nSPS) is 22.8. The first kappa shape index (κ1) is 9.77. The second-order valence-corrected chi connectivity index (χ2v) is 4.61. The van der Waals surface area contributed by atoms with E-state index in [0.717, 1.165) is 24.9 Å². The van der Waals surface area contributed by atoms with Crippen molar-refractivity contribution in [2.75, 3.05) is 6.54 Å². The topological polar surface area (TPSA) is 33.5 Å². The van der Waals surface area contributed by atoms with E-state index in [4.69, 9.17) is 4.42 Å². The van der Waals surface area contributed by atoms with Crippen LogP contribution in [0.15, 0.2) is 23.0 Å². The number of likely N-dealkylation sites (tertiary alicyclic amines) is 1. The number of carbonyl (C=O) groups is 1. The minimum absolute atomic E-state index is 0.00292. The van der Waals surface area contributed by atoms with Crippen molar-refractivity contribution in [3.8, 4) is 0 Å². The van der Waals surface area contributed by atoms with E-state index in [1.807, 2.05) is 11.0 Å². The van der Waals surface area contributed by atoms with E-state index < -0.39 is 0 Å². The Kier molecular flexibility index (Phi) is 2.91. The molecule has 2 heterocycles. The average molecular weight is 258 g/mol. The largest absolute Gasteiger partial charge is 0.472 e. The van der Waals surface area contributed by atoms with Crippen LogP contribution in [0.25, 0.3) is 0 Å². The molecule has 0 aromatic carbocycles. The molecule has 2 rings (SSSR count). The van der Waals surface area contributed by atoms with E-state index in [1.54, 1.807) is 12.5 Å². The van der Waals surface area contributed by atoms with Crippen molar-refractivity contribution in [1.82, 2.24) is 4.90 Å². The van der Waals surface area contributed by atoms with Crippen molar-refractivity contribution >= 4 is 21.8 Å². The highest BCUT2D eigenvalue weighted by Gasteiger charge is 2.26. The third-order valence-electron chi connectivity index (χ3n) is 2.42. The van der Waals surface area contributed by atoms with Gasteiger partial charge in [-0.1, -0.05) is 15.9 Å². The number of hydrogen-bond donors (Lipinski definition) is 0. The minimum atomic E-state index is 0.00292. The van der Waals surface area contributed by atoms with Crippen molar-refractivity contribution in [3.63, 3.8) is 0 Å². The molecule has 1 fully saturated rings. The lowest BCUT2D eigenvalue weighted by Gasteiger charge is -2.29. The molecule has 0 bridgehead atoms. The number of carbonyl (C=O) groups excluding carboxylic acids is 1. The Morgan fingerprint density at radius 2 is 2.50 bits per heavy atom. The molecular weight excluding hydrogens is 246 g/mol. The smallest absolute Gasteiger partial charge is 0.236 e. The van der Waals surface area contributed by atoms with Gasteiger partial charge in [-0.2, -0.15) is 0 Å². The molecule has 1 unspecified atom stereocenters. The van der Waals surface area contributed by atoms with E-state index in [9.17, 15) is 4.79 Å². The van der Waals surface area contributed by atoms with Crippen molar-refractivity contribution in [2.24, 2.45) is 0 Å². The molecule has 0 N–H and O–H groups in total. The van der Waals surface area contributed by atoms with Crippen LogP contribution in [0.4, 0.5) is 0 Å². The third kappa shape index (κ3) is 2.00. The maximum atomic E-state index is 11.7. The van der Waals surface area contributed by atoms with Gasteiger partial charge in [0.1, 0.15) is 0 Å². The molecule has 1 aromatic rings. The van der Waals surface area contributed by atoms with E-state index in [2.05, 4.69) is 15.9 Å². The molecular formula is C10H12BrNO2. The summed E-state index contributed by atoms with van der Waals surface area (Å²) >= 11 is 3.38. The zero-order chi connectivity index (χ0) is 9.97. The highest BCUT2D eigenvalue weighted by molar-refractivity contribution is 9.10. The summed E-state index contributed by atoms with van der Waals surface area (Å²) < 4.78 is 4.97. The fourth-order valence-corrected chi connectivity index (χ4v) is 2.27. The summed E-state index contributed by atoms with van der Waals surface area (Å²) in [6.07, 6.45) is 5.33. The van der Waals surface area contributed by atoms with Crippen LogP contribution < -0.4 is 0 Å². The molecule has 4 heteroatoms. The van der Waals surface area contributed by atoms with Crippen LogP contribution in [-0.2, 0) is 11.3 Å². The zero-order valence-electron chi connectivity index (χ0n) is 7.78. The number of amides is 1. The molecule has 3 nitrogen and oxygen atoms in total. The van der Waals surface area contributed by atoms with Gasteiger partial charge in [-0.05, 0) is 18.9 Å². The molecule has 0 spiro atoms. The third-order valence-corrected chi connectivity index (χ3v) is 3.27. The van der Waals surface area contributed by atoms with Crippen LogP contribution in [0.2, 0.25) is 0 Å². The maximum Gasteiger partial charge on any atom is 0.236 e. The summed E-state index contributed by atoms with van der Waals surface area (Å²) in [5.41, 5.74) is 1.06. The van der Waals surface area contributed by atoms with Gasteiger partial charge in [-0.15, -0.1) is 0 Å².